The molecule has 0 aliphatic carbocycles. The summed E-state index contributed by atoms with van der Waals surface area (Å²) in [7, 11) is 0. The first-order valence-corrected chi connectivity index (χ1v) is 12.9. The predicted octanol–water partition coefficient (Wildman–Crippen LogP) is 5.44. The van der Waals surface area contributed by atoms with Crippen LogP contribution in [0.2, 0.25) is 0 Å². The molecule has 0 bridgehead atoms. The number of benzene rings is 1. The number of ether oxygens (including phenoxy) is 2. The summed E-state index contributed by atoms with van der Waals surface area (Å²) in [5, 5.41) is 14.4. The van der Waals surface area contributed by atoms with Gasteiger partial charge in [0.2, 0.25) is 5.88 Å². The molecule has 3 aromatic rings. The normalized spacial score (nSPS) is 14.7. The van der Waals surface area contributed by atoms with Crippen LogP contribution in [0.3, 0.4) is 0 Å². The number of carbonyl (C=O) groups excluding carboxylic acids is 1. The molecular formula is C28H32N6O5. The van der Waals surface area contributed by atoms with Crippen molar-refractivity contribution in [3.8, 4) is 5.88 Å². The maximum atomic E-state index is 13.0. The lowest BCUT2D eigenvalue weighted by molar-refractivity contribution is -0.385. The Morgan fingerprint density at radius 1 is 1.13 bits per heavy atom. The highest BCUT2D eigenvalue weighted by Crippen LogP contribution is 2.40. The van der Waals surface area contributed by atoms with Gasteiger partial charge in [-0.3, -0.25) is 15.0 Å². The molecule has 11 nitrogen and oxygen atoms in total. The number of rotatable bonds is 4. The van der Waals surface area contributed by atoms with Crippen LogP contribution in [0, 0.1) is 24.0 Å². The average molecular weight is 533 g/mol. The van der Waals surface area contributed by atoms with Gasteiger partial charge in [0.25, 0.3) is 5.69 Å². The van der Waals surface area contributed by atoms with E-state index in [1.54, 1.807) is 30.2 Å². The highest BCUT2D eigenvalue weighted by atomic mass is 16.6. The number of hydrogen-bond acceptors (Lipinski definition) is 9. The predicted molar refractivity (Wildman–Crippen MR) is 148 cm³/mol. The van der Waals surface area contributed by atoms with E-state index in [4.69, 9.17) is 9.47 Å². The first-order chi connectivity index (χ1) is 18.5. The third-order valence-electron chi connectivity index (χ3n) is 6.79. The molecule has 0 unspecified atom stereocenters. The second kappa shape index (κ2) is 10.0. The van der Waals surface area contributed by atoms with Gasteiger partial charge in [-0.1, -0.05) is 0 Å². The van der Waals surface area contributed by atoms with Crippen LogP contribution in [0.15, 0.2) is 36.7 Å². The van der Waals surface area contributed by atoms with E-state index in [-0.39, 0.29) is 10.6 Å². The topological polar surface area (TPSA) is 123 Å². The Morgan fingerprint density at radius 2 is 1.92 bits per heavy atom. The van der Waals surface area contributed by atoms with Crippen molar-refractivity contribution in [2.45, 2.75) is 53.2 Å². The van der Waals surface area contributed by atoms with Gasteiger partial charge in [-0.2, -0.15) is 0 Å². The van der Waals surface area contributed by atoms with E-state index < -0.39 is 11.7 Å². The van der Waals surface area contributed by atoms with Gasteiger partial charge in [-0.15, -0.1) is 0 Å². The average Bonchev–Trinajstić information content (AvgIpc) is 2.87. The molecule has 2 aliphatic rings. The Balaban J connectivity index is 1.39. The Bertz CT molecular complexity index is 1450. The number of nitro benzene ring substituents is 1. The first kappa shape index (κ1) is 26.2. The third-order valence-corrected chi connectivity index (χ3v) is 6.79. The van der Waals surface area contributed by atoms with Crippen LogP contribution in [0.25, 0.3) is 0 Å². The van der Waals surface area contributed by atoms with E-state index >= 15 is 0 Å². The summed E-state index contributed by atoms with van der Waals surface area (Å²) in [6.07, 6.45) is 4.07. The van der Waals surface area contributed by atoms with Crippen molar-refractivity contribution < 1.29 is 19.2 Å². The number of pyridine rings is 2. The van der Waals surface area contributed by atoms with Crippen molar-refractivity contribution in [1.29, 1.82) is 0 Å². The molecule has 1 aromatic carbocycles. The lowest BCUT2D eigenvalue weighted by atomic mass is 10.0. The molecule has 2 aromatic heterocycles. The number of nitrogens with zero attached hydrogens (tertiary/aromatic N) is 5. The summed E-state index contributed by atoms with van der Waals surface area (Å²) in [6, 6.07) is 6.93. The zero-order valence-electron chi connectivity index (χ0n) is 22.8. The molecular weight excluding hydrogens is 500 g/mol. The van der Waals surface area contributed by atoms with E-state index in [1.165, 1.54) is 11.6 Å². The fraction of sp³-hybridized carbons (Fsp3) is 0.393. The van der Waals surface area contributed by atoms with Crippen molar-refractivity contribution >= 4 is 34.7 Å². The molecule has 39 heavy (non-hydrogen) atoms. The van der Waals surface area contributed by atoms with Crippen LogP contribution in [-0.2, 0) is 17.7 Å². The van der Waals surface area contributed by atoms with E-state index in [2.05, 4.69) is 20.2 Å². The van der Waals surface area contributed by atoms with E-state index in [1.807, 2.05) is 40.0 Å². The van der Waals surface area contributed by atoms with Gasteiger partial charge >= 0.3 is 6.09 Å². The molecule has 4 heterocycles. The van der Waals surface area contributed by atoms with Gasteiger partial charge in [0.1, 0.15) is 23.7 Å². The summed E-state index contributed by atoms with van der Waals surface area (Å²) in [5.41, 5.74) is 5.54. The zero-order valence-corrected chi connectivity index (χ0v) is 22.8. The molecule has 1 N–H and O–H groups in total. The molecule has 2 aliphatic heterocycles. The largest absolute Gasteiger partial charge is 0.474 e. The molecule has 1 amide bonds. The van der Waals surface area contributed by atoms with Crippen molar-refractivity contribution in [2.24, 2.45) is 0 Å². The number of anilines is 4. The van der Waals surface area contributed by atoms with Gasteiger partial charge in [-0.25, -0.2) is 14.8 Å². The maximum Gasteiger partial charge on any atom is 0.415 e. The van der Waals surface area contributed by atoms with Crippen LogP contribution in [0.5, 0.6) is 5.88 Å². The minimum absolute atomic E-state index is 0.0826. The number of fused-ring (bicyclic) bond motifs is 2. The second-order valence-electron chi connectivity index (χ2n) is 10.8. The van der Waals surface area contributed by atoms with E-state index in [9.17, 15) is 14.9 Å². The van der Waals surface area contributed by atoms with Crippen molar-refractivity contribution in [2.75, 3.05) is 34.8 Å². The van der Waals surface area contributed by atoms with Gasteiger partial charge in [0.05, 0.1) is 23.4 Å². The molecule has 0 spiro atoms. The molecule has 0 radical (unpaired) electrons. The number of carbonyl (C=O) groups is 1. The van der Waals surface area contributed by atoms with Gasteiger partial charge in [0, 0.05) is 42.2 Å². The molecule has 5 rings (SSSR count). The summed E-state index contributed by atoms with van der Waals surface area (Å²) in [6.45, 7) is 11.4. The van der Waals surface area contributed by atoms with Crippen LogP contribution in [0.4, 0.5) is 33.4 Å². The zero-order chi connectivity index (χ0) is 27.9. The smallest absolute Gasteiger partial charge is 0.415 e. The minimum Gasteiger partial charge on any atom is -0.474 e. The van der Waals surface area contributed by atoms with Crippen LogP contribution in [-0.4, -0.2) is 46.3 Å². The number of aromatic nitrogens is 2. The lowest BCUT2D eigenvalue weighted by Gasteiger charge is -2.35. The Morgan fingerprint density at radius 3 is 2.64 bits per heavy atom. The standard InChI is InChI=1S/C28H32N6O5/c1-17-12-21(6-7-22(17)34(36)37)31-24-13-20-16-32(9-8-19(20)14-29-24)23-15-30-26-25(18(23)2)33(10-11-38-26)27(35)39-28(3,4)5/h6-7,12-15H,8-11,16H2,1-5H3,(H,29,31). The number of amides is 1. The van der Waals surface area contributed by atoms with E-state index in [0.29, 0.717) is 42.6 Å². The van der Waals surface area contributed by atoms with Gasteiger partial charge in [0.15, 0.2) is 0 Å². The highest BCUT2D eigenvalue weighted by Gasteiger charge is 2.32. The van der Waals surface area contributed by atoms with Crippen LogP contribution < -0.4 is 19.9 Å². The maximum absolute atomic E-state index is 13.0. The first-order valence-electron chi connectivity index (χ1n) is 12.9. The summed E-state index contributed by atoms with van der Waals surface area (Å²) in [4.78, 5) is 36.7. The van der Waals surface area contributed by atoms with Crippen molar-refractivity contribution in [1.82, 2.24) is 9.97 Å². The Kier molecular flexibility index (Phi) is 6.75. The number of nitro groups is 1. The molecule has 11 heteroatoms. The Hall–Kier alpha value is -4.41. The summed E-state index contributed by atoms with van der Waals surface area (Å²) in [5.74, 6) is 1.09. The quantitative estimate of drug-likeness (QED) is 0.345. The fourth-order valence-electron chi connectivity index (χ4n) is 4.94. The third kappa shape index (κ3) is 5.43. The molecule has 0 saturated carbocycles. The minimum atomic E-state index is -0.613. The second-order valence-corrected chi connectivity index (χ2v) is 10.8. The van der Waals surface area contributed by atoms with Crippen molar-refractivity contribution in [3.05, 3.63) is 69.0 Å². The molecule has 204 valence electrons. The van der Waals surface area contributed by atoms with Crippen LogP contribution in [0.1, 0.15) is 43.0 Å². The molecule has 0 saturated heterocycles. The Labute approximate surface area is 226 Å². The summed E-state index contributed by atoms with van der Waals surface area (Å²) >= 11 is 0. The van der Waals surface area contributed by atoms with Gasteiger partial charge < -0.3 is 19.7 Å². The fourth-order valence-corrected chi connectivity index (χ4v) is 4.94. The molecule has 0 fully saturated rings. The summed E-state index contributed by atoms with van der Waals surface area (Å²) < 4.78 is 11.4. The molecule has 0 atom stereocenters. The van der Waals surface area contributed by atoms with E-state index in [0.717, 1.165) is 35.5 Å². The van der Waals surface area contributed by atoms with Gasteiger partial charge in [-0.05, 0) is 70.4 Å². The SMILES string of the molecule is Cc1cc(Nc2cc3c(cn2)CCN(c2cnc4c(c2C)N(C(=O)OC(C)(C)C)CCO4)C3)ccc1[N+](=O)[O-]. The monoisotopic (exact) mass is 532 g/mol. The number of hydrogen-bond donors (Lipinski definition) is 1. The lowest BCUT2D eigenvalue weighted by Crippen LogP contribution is -2.42. The number of aryl methyl sites for hydroxylation is 1. The highest BCUT2D eigenvalue weighted by molar-refractivity contribution is 5.92. The van der Waals surface area contributed by atoms with Crippen molar-refractivity contribution in [3.63, 3.8) is 0 Å². The number of nitrogens with one attached hydrogen (secondary N) is 1. The van der Waals surface area contributed by atoms with Crippen LogP contribution >= 0.6 is 0 Å².